The van der Waals surface area contributed by atoms with Gasteiger partial charge in [-0.3, -0.25) is 9.59 Å². The number of amides is 2. The summed E-state index contributed by atoms with van der Waals surface area (Å²) in [4.78, 5) is 26.5. The van der Waals surface area contributed by atoms with Crippen molar-refractivity contribution in [2.75, 3.05) is 32.1 Å². The number of ether oxygens (including phenoxy) is 1. The van der Waals surface area contributed by atoms with Crippen LogP contribution in [0.25, 0.3) is 0 Å². The van der Waals surface area contributed by atoms with E-state index in [1.165, 1.54) is 49.4 Å². The highest BCUT2D eigenvalue weighted by atomic mass is 32.2. The Balaban J connectivity index is 1.34. The smallest absolute Gasteiger partial charge is 0.252 e. The van der Waals surface area contributed by atoms with E-state index in [4.69, 9.17) is 4.74 Å². The van der Waals surface area contributed by atoms with Gasteiger partial charge in [-0.25, -0.2) is 0 Å². The first-order valence-corrected chi connectivity index (χ1v) is 13.5. The fourth-order valence-corrected chi connectivity index (χ4v) is 5.97. The zero-order chi connectivity index (χ0) is 23.6. The highest BCUT2D eigenvalue weighted by molar-refractivity contribution is 8.00. The molecule has 2 aromatic carbocycles. The van der Waals surface area contributed by atoms with Crippen LogP contribution in [0, 0.1) is 5.92 Å². The third kappa shape index (κ3) is 6.63. The Hall–Kier alpha value is -2.31. The molecule has 182 valence electrons. The lowest BCUT2D eigenvalue weighted by Crippen LogP contribution is -2.44. The third-order valence-corrected chi connectivity index (χ3v) is 8.30. The van der Waals surface area contributed by atoms with Gasteiger partial charge in [0.25, 0.3) is 5.91 Å². The van der Waals surface area contributed by atoms with Crippen molar-refractivity contribution in [3.63, 3.8) is 0 Å². The predicted molar refractivity (Wildman–Crippen MR) is 137 cm³/mol. The maximum atomic E-state index is 13.2. The van der Waals surface area contributed by atoms with Crippen molar-refractivity contribution in [1.29, 1.82) is 0 Å². The summed E-state index contributed by atoms with van der Waals surface area (Å²) in [6.07, 6.45) is 8.07. The van der Waals surface area contributed by atoms with Crippen LogP contribution in [0.5, 0.6) is 0 Å². The van der Waals surface area contributed by atoms with Gasteiger partial charge >= 0.3 is 0 Å². The van der Waals surface area contributed by atoms with Crippen LogP contribution in [0.4, 0.5) is 0 Å². The summed E-state index contributed by atoms with van der Waals surface area (Å²) >= 11 is 1.43. The highest BCUT2D eigenvalue weighted by Gasteiger charge is 2.35. The summed E-state index contributed by atoms with van der Waals surface area (Å²) < 4.78 is 5.62. The summed E-state index contributed by atoms with van der Waals surface area (Å²) in [6.45, 7) is 2.74. The molecular weight excluding hydrogens is 444 g/mol. The summed E-state index contributed by atoms with van der Waals surface area (Å²) in [5, 5.41) is 6.29. The minimum atomic E-state index is -0.115. The number of carbonyl (C=O) groups is 2. The van der Waals surface area contributed by atoms with E-state index < -0.39 is 0 Å². The molecule has 2 amide bonds. The minimum absolute atomic E-state index is 0.0380. The van der Waals surface area contributed by atoms with E-state index >= 15 is 0 Å². The van der Waals surface area contributed by atoms with Crippen LogP contribution in [-0.4, -0.2) is 43.9 Å². The van der Waals surface area contributed by atoms with Crippen LogP contribution >= 0.6 is 11.8 Å². The van der Waals surface area contributed by atoms with Gasteiger partial charge in [0.05, 0.1) is 11.3 Å². The fourth-order valence-electron chi connectivity index (χ4n) is 5.09. The van der Waals surface area contributed by atoms with Gasteiger partial charge in [0.2, 0.25) is 5.91 Å². The Morgan fingerprint density at radius 2 is 1.62 bits per heavy atom. The first kappa shape index (κ1) is 24.8. The van der Waals surface area contributed by atoms with Crippen LogP contribution in [0.15, 0.2) is 59.5 Å². The second-order valence-electron chi connectivity index (χ2n) is 9.53. The Morgan fingerprint density at radius 1 is 0.912 bits per heavy atom. The van der Waals surface area contributed by atoms with Gasteiger partial charge in [-0.05, 0) is 49.3 Å². The molecule has 0 unspecified atom stereocenters. The maximum absolute atomic E-state index is 13.2. The Labute approximate surface area is 207 Å². The molecule has 2 aliphatic rings. The molecule has 5 nitrogen and oxygen atoms in total. The Kier molecular flexibility index (Phi) is 9.05. The first-order chi connectivity index (χ1) is 16.7. The van der Waals surface area contributed by atoms with Crippen LogP contribution in [0.2, 0.25) is 0 Å². The number of rotatable bonds is 9. The van der Waals surface area contributed by atoms with Crippen molar-refractivity contribution in [2.45, 2.75) is 55.3 Å². The van der Waals surface area contributed by atoms with E-state index in [0.29, 0.717) is 37.0 Å². The quantitative estimate of drug-likeness (QED) is 0.498. The van der Waals surface area contributed by atoms with Gasteiger partial charge in [0.1, 0.15) is 0 Å². The lowest BCUT2D eigenvalue weighted by Gasteiger charge is -2.38. The normalized spacial score (nSPS) is 18.2. The van der Waals surface area contributed by atoms with Crippen molar-refractivity contribution < 1.29 is 14.3 Å². The molecule has 0 bridgehead atoms. The number of nitrogens with one attached hydrogen (secondary N) is 2. The molecular formula is C28H36N2O3S. The van der Waals surface area contributed by atoms with E-state index in [1.807, 2.05) is 30.3 Å². The maximum Gasteiger partial charge on any atom is 0.252 e. The average Bonchev–Trinajstić information content (AvgIpc) is 2.91. The topological polar surface area (TPSA) is 67.4 Å². The zero-order valence-corrected chi connectivity index (χ0v) is 20.7. The average molecular weight is 481 g/mol. The fraction of sp³-hybridized carbons (Fsp3) is 0.500. The lowest BCUT2D eigenvalue weighted by atomic mass is 9.74. The van der Waals surface area contributed by atoms with E-state index in [2.05, 4.69) is 34.9 Å². The van der Waals surface area contributed by atoms with Gasteiger partial charge in [-0.15, -0.1) is 11.8 Å². The van der Waals surface area contributed by atoms with Crippen molar-refractivity contribution >= 4 is 23.6 Å². The number of thioether (sulfide) groups is 1. The van der Waals surface area contributed by atoms with Crippen LogP contribution in [0.1, 0.15) is 60.9 Å². The number of hydrogen-bond donors (Lipinski definition) is 2. The van der Waals surface area contributed by atoms with Gasteiger partial charge < -0.3 is 15.4 Å². The van der Waals surface area contributed by atoms with E-state index in [-0.39, 0.29) is 17.2 Å². The Morgan fingerprint density at radius 3 is 2.38 bits per heavy atom. The molecule has 0 spiro atoms. The van der Waals surface area contributed by atoms with Gasteiger partial charge in [-0.2, -0.15) is 0 Å². The van der Waals surface area contributed by atoms with Gasteiger partial charge in [0, 0.05) is 36.6 Å². The largest absolute Gasteiger partial charge is 0.381 e. The molecule has 6 heteroatoms. The highest BCUT2D eigenvalue weighted by Crippen LogP contribution is 2.34. The second-order valence-corrected chi connectivity index (χ2v) is 10.6. The monoisotopic (exact) mass is 480 g/mol. The molecule has 4 rings (SSSR count). The SMILES string of the molecule is O=C(CSc1ccccc1C(=O)NCC1(c2ccccc2)CCOCC1)NCC1CCCCC1. The summed E-state index contributed by atoms with van der Waals surface area (Å²) in [5.74, 6) is 0.883. The summed E-state index contributed by atoms with van der Waals surface area (Å²) in [7, 11) is 0. The number of hydrogen-bond acceptors (Lipinski definition) is 4. The Bertz CT molecular complexity index is 938. The van der Waals surface area contributed by atoms with Gasteiger partial charge in [0.15, 0.2) is 0 Å². The van der Waals surface area contributed by atoms with Crippen molar-refractivity contribution in [3.8, 4) is 0 Å². The molecule has 1 saturated carbocycles. The molecule has 1 heterocycles. The molecule has 2 fully saturated rings. The van der Waals surface area contributed by atoms with Gasteiger partial charge in [-0.1, -0.05) is 61.7 Å². The number of benzene rings is 2. The zero-order valence-electron chi connectivity index (χ0n) is 19.9. The number of carbonyl (C=O) groups excluding carboxylic acids is 2. The van der Waals surface area contributed by atoms with Crippen LogP contribution < -0.4 is 10.6 Å². The molecule has 1 aliphatic heterocycles. The van der Waals surface area contributed by atoms with Crippen molar-refractivity contribution in [1.82, 2.24) is 10.6 Å². The van der Waals surface area contributed by atoms with E-state index in [1.54, 1.807) is 0 Å². The molecule has 1 saturated heterocycles. The summed E-state index contributed by atoms with van der Waals surface area (Å²) in [5.41, 5.74) is 1.76. The molecule has 0 radical (unpaired) electrons. The molecule has 34 heavy (non-hydrogen) atoms. The molecule has 2 N–H and O–H groups in total. The van der Waals surface area contributed by atoms with E-state index in [9.17, 15) is 9.59 Å². The van der Waals surface area contributed by atoms with E-state index in [0.717, 1.165) is 24.3 Å². The molecule has 2 aromatic rings. The third-order valence-electron chi connectivity index (χ3n) is 7.23. The predicted octanol–water partition coefficient (Wildman–Crippen LogP) is 4.95. The first-order valence-electron chi connectivity index (χ1n) is 12.6. The van der Waals surface area contributed by atoms with Crippen LogP contribution in [-0.2, 0) is 14.9 Å². The van der Waals surface area contributed by atoms with Crippen molar-refractivity contribution in [3.05, 3.63) is 65.7 Å². The minimum Gasteiger partial charge on any atom is -0.381 e. The second kappa shape index (κ2) is 12.4. The molecule has 0 aromatic heterocycles. The summed E-state index contributed by atoms with van der Waals surface area (Å²) in [6, 6.07) is 18.0. The van der Waals surface area contributed by atoms with Crippen molar-refractivity contribution in [2.24, 2.45) is 5.92 Å². The molecule has 0 atom stereocenters. The van der Waals surface area contributed by atoms with Crippen LogP contribution in [0.3, 0.4) is 0 Å². The lowest BCUT2D eigenvalue weighted by molar-refractivity contribution is -0.118. The standard InChI is InChI=1S/C28H36N2O3S/c31-26(29-19-22-9-3-1-4-10-22)20-34-25-14-8-7-13-24(25)27(32)30-21-28(15-17-33-18-16-28)23-11-5-2-6-12-23/h2,5-8,11-14,22H,1,3-4,9-10,15-21H2,(H,29,31)(H,30,32). The molecule has 1 aliphatic carbocycles.